The second-order valence-electron chi connectivity index (χ2n) is 10.0. The second kappa shape index (κ2) is 16.9. The summed E-state index contributed by atoms with van der Waals surface area (Å²) in [5.74, 6) is 0.490. The molecule has 0 bridgehead atoms. The average molecular weight is 583 g/mol. The molecule has 2 aromatic rings. The van der Waals surface area contributed by atoms with Crippen molar-refractivity contribution >= 4 is 35.0 Å². The predicted molar refractivity (Wildman–Crippen MR) is 166 cm³/mol. The molecule has 1 aromatic heterocycles. The van der Waals surface area contributed by atoms with E-state index < -0.39 is 11.9 Å². The topological polar surface area (TPSA) is 146 Å². The molecule has 1 unspecified atom stereocenters. The third-order valence-corrected chi connectivity index (χ3v) is 6.60. The van der Waals surface area contributed by atoms with Gasteiger partial charge < -0.3 is 35.8 Å². The lowest BCUT2D eigenvalue weighted by Crippen LogP contribution is -2.45. The van der Waals surface area contributed by atoms with Crippen LogP contribution < -0.4 is 26.0 Å². The van der Waals surface area contributed by atoms with E-state index in [1.807, 2.05) is 58.0 Å². The monoisotopic (exact) mass is 582 g/mol. The van der Waals surface area contributed by atoms with Gasteiger partial charge in [0.05, 0.1) is 12.3 Å². The summed E-state index contributed by atoms with van der Waals surface area (Å²) in [7, 11) is 5.44. The van der Waals surface area contributed by atoms with Crippen molar-refractivity contribution in [3.63, 3.8) is 0 Å². The molecule has 230 valence electrons. The minimum absolute atomic E-state index is 0.0796. The van der Waals surface area contributed by atoms with Gasteiger partial charge in [0.15, 0.2) is 17.3 Å². The summed E-state index contributed by atoms with van der Waals surface area (Å²) in [6, 6.07) is 6.66. The number of aryl methyl sites for hydroxylation is 1. The molecule has 12 nitrogen and oxygen atoms in total. The number of rotatable bonds is 17. The number of hydrogen-bond donors (Lipinski definition) is 3. The number of ether oxygens (including phenoxy) is 1. The maximum Gasteiger partial charge on any atom is 0.271 e. The molecule has 0 saturated carbocycles. The number of hydrogen-bond acceptors (Lipinski definition) is 9. The third kappa shape index (κ3) is 10.0. The van der Waals surface area contributed by atoms with Gasteiger partial charge in [-0.15, -0.1) is 0 Å². The molecule has 3 amide bonds. The molecule has 0 saturated heterocycles. The number of nitrogens with one attached hydrogen (secondary N) is 2. The first-order chi connectivity index (χ1) is 20.0. The van der Waals surface area contributed by atoms with Gasteiger partial charge in [0.1, 0.15) is 11.8 Å². The van der Waals surface area contributed by atoms with Crippen LogP contribution in [0.1, 0.15) is 50.3 Å². The second-order valence-corrected chi connectivity index (χ2v) is 10.0. The van der Waals surface area contributed by atoms with E-state index in [0.717, 1.165) is 18.9 Å². The van der Waals surface area contributed by atoms with Crippen LogP contribution in [0, 0.1) is 0 Å². The lowest BCUT2D eigenvalue weighted by molar-refractivity contribution is -0.135. The van der Waals surface area contributed by atoms with Crippen LogP contribution in [0.15, 0.2) is 36.4 Å². The Bertz CT molecular complexity index is 1230. The molecule has 42 heavy (non-hydrogen) atoms. The molecule has 0 spiro atoms. The van der Waals surface area contributed by atoms with Gasteiger partial charge in [-0.2, -0.15) is 0 Å². The van der Waals surface area contributed by atoms with Crippen LogP contribution in [0.2, 0.25) is 0 Å². The van der Waals surface area contributed by atoms with Crippen LogP contribution in [0.25, 0.3) is 0 Å². The molecule has 1 heterocycles. The Morgan fingerprint density at radius 3 is 2.43 bits per heavy atom. The number of amides is 3. The van der Waals surface area contributed by atoms with Crippen LogP contribution in [0.5, 0.6) is 5.75 Å². The Balaban J connectivity index is 1.96. The Morgan fingerprint density at radius 2 is 1.81 bits per heavy atom. The van der Waals surface area contributed by atoms with Crippen molar-refractivity contribution in [2.24, 2.45) is 5.73 Å². The molecule has 1 atom stereocenters. The maximum atomic E-state index is 12.5. The third-order valence-electron chi connectivity index (χ3n) is 6.60. The quantitative estimate of drug-likeness (QED) is 0.189. The first-order valence-electron chi connectivity index (χ1n) is 14.3. The molecule has 0 aliphatic heterocycles. The average Bonchev–Trinajstić information content (AvgIpc) is 2.96. The van der Waals surface area contributed by atoms with Crippen molar-refractivity contribution in [1.29, 1.82) is 0 Å². The number of benzene rings is 1. The normalized spacial score (nSPS) is 11.8. The molecule has 0 aliphatic rings. The van der Waals surface area contributed by atoms with E-state index in [0.29, 0.717) is 49.7 Å². The smallest absolute Gasteiger partial charge is 0.271 e. The molecule has 12 heteroatoms. The van der Waals surface area contributed by atoms with Gasteiger partial charge in [-0.3, -0.25) is 14.4 Å². The molecule has 2 rings (SSSR count). The molecule has 0 aliphatic carbocycles. The Morgan fingerprint density at radius 1 is 1.10 bits per heavy atom. The summed E-state index contributed by atoms with van der Waals surface area (Å²) in [5, 5.41) is 6.03. The highest BCUT2D eigenvalue weighted by atomic mass is 16.5. The van der Waals surface area contributed by atoms with Crippen molar-refractivity contribution in [2.45, 2.75) is 46.6 Å². The molecule has 0 fully saturated rings. The SMILES string of the molecule is CCc1nc(C(N)=O)c(Nc2cccc(OCCCNC(=O)C(C)N(C)C(=O)C=CCN(C)C)c2)nc1N(CC)CC. The van der Waals surface area contributed by atoms with E-state index in [1.165, 1.54) is 11.0 Å². The molecular formula is C30H46N8O4. The van der Waals surface area contributed by atoms with E-state index >= 15 is 0 Å². The highest BCUT2D eigenvalue weighted by molar-refractivity contribution is 5.96. The Hall–Kier alpha value is -4.19. The van der Waals surface area contributed by atoms with Crippen LogP contribution in [-0.2, 0) is 16.0 Å². The van der Waals surface area contributed by atoms with E-state index in [4.69, 9.17) is 15.5 Å². The Kier molecular flexibility index (Phi) is 13.7. The zero-order chi connectivity index (χ0) is 31.2. The lowest BCUT2D eigenvalue weighted by Gasteiger charge is -2.23. The number of nitrogens with zero attached hydrogens (tertiary/aromatic N) is 5. The fourth-order valence-corrected chi connectivity index (χ4v) is 4.00. The number of carbonyl (C=O) groups is 3. The minimum Gasteiger partial charge on any atom is -0.493 e. The van der Waals surface area contributed by atoms with Crippen LogP contribution in [0.4, 0.5) is 17.3 Å². The first-order valence-corrected chi connectivity index (χ1v) is 14.3. The molecular weight excluding hydrogens is 536 g/mol. The van der Waals surface area contributed by atoms with Gasteiger partial charge in [-0.25, -0.2) is 9.97 Å². The fraction of sp³-hybridized carbons (Fsp3) is 0.500. The van der Waals surface area contributed by atoms with E-state index in [1.54, 1.807) is 26.1 Å². The molecule has 1 aromatic carbocycles. The van der Waals surface area contributed by atoms with Gasteiger partial charge in [0, 0.05) is 51.1 Å². The summed E-state index contributed by atoms with van der Waals surface area (Å²) >= 11 is 0. The van der Waals surface area contributed by atoms with Crippen LogP contribution in [-0.4, -0.2) is 97.5 Å². The number of aromatic nitrogens is 2. The number of primary amides is 1. The van der Waals surface area contributed by atoms with E-state index in [-0.39, 0.29) is 23.3 Å². The van der Waals surface area contributed by atoms with Crippen LogP contribution >= 0.6 is 0 Å². The van der Waals surface area contributed by atoms with Crippen molar-refractivity contribution < 1.29 is 19.1 Å². The standard InChI is InChI=1S/C30H46N8O4/c1-8-24-29(38(9-2)10-3)35-28(26(34-24)27(31)40)33-22-14-11-15-23(20-22)42-19-13-17-32-30(41)21(4)37(7)25(39)16-12-18-36(5)6/h11-12,14-16,20-21H,8-10,13,17-19H2,1-7H3,(H2,31,40)(H,32,41)(H,33,35). The van der Waals surface area contributed by atoms with Crippen molar-refractivity contribution in [3.05, 3.63) is 47.8 Å². The summed E-state index contributed by atoms with van der Waals surface area (Å²) in [4.78, 5) is 51.7. The van der Waals surface area contributed by atoms with Crippen LogP contribution in [0.3, 0.4) is 0 Å². The zero-order valence-corrected chi connectivity index (χ0v) is 25.9. The highest BCUT2D eigenvalue weighted by Gasteiger charge is 2.21. The molecule has 0 radical (unpaired) electrons. The van der Waals surface area contributed by atoms with Gasteiger partial charge in [0.2, 0.25) is 11.8 Å². The van der Waals surface area contributed by atoms with Gasteiger partial charge in [-0.1, -0.05) is 19.1 Å². The number of carbonyl (C=O) groups excluding carboxylic acids is 3. The van der Waals surface area contributed by atoms with Crippen molar-refractivity contribution in [2.75, 3.05) is 64.1 Å². The first kappa shape index (κ1) is 34.0. The van der Waals surface area contributed by atoms with Crippen molar-refractivity contribution in [1.82, 2.24) is 25.1 Å². The molecule has 4 N–H and O–H groups in total. The highest BCUT2D eigenvalue weighted by Crippen LogP contribution is 2.26. The minimum atomic E-state index is -0.661. The number of nitrogens with two attached hydrogens (primary N) is 1. The fourth-order valence-electron chi connectivity index (χ4n) is 4.00. The van der Waals surface area contributed by atoms with E-state index in [2.05, 4.69) is 20.5 Å². The maximum absolute atomic E-state index is 12.5. The number of likely N-dealkylation sites (N-methyl/N-ethyl adjacent to an activating group) is 2. The van der Waals surface area contributed by atoms with Gasteiger partial charge in [-0.05, 0) is 59.8 Å². The van der Waals surface area contributed by atoms with Crippen molar-refractivity contribution in [3.8, 4) is 5.75 Å². The zero-order valence-electron chi connectivity index (χ0n) is 25.9. The summed E-state index contributed by atoms with van der Waals surface area (Å²) < 4.78 is 5.88. The van der Waals surface area contributed by atoms with Gasteiger partial charge in [0.25, 0.3) is 5.91 Å². The number of anilines is 3. The predicted octanol–water partition coefficient (Wildman–Crippen LogP) is 2.58. The largest absolute Gasteiger partial charge is 0.493 e. The summed E-state index contributed by atoms with van der Waals surface area (Å²) in [6.45, 7) is 10.6. The Labute approximate surface area is 249 Å². The lowest BCUT2D eigenvalue weighted by atomic mass is 10.2. The summed E-state index contributed by atoms with van der Waals surface area (Å²) in [5.41, 5.74) is 7.09. The summed E-state index contributed by atoms with van der Waals surface area (Å²) in [6.07, 6.45) is 4.43. The van der Waals surface area contributed by atoms with Gasteiger partial charge >= 0.3 is 0 Å². The van der Waals surface area contributed by atoms with E-state index in [9.17, 15) is 14.4 Å².